The highest BCUT2D eigenvalue weighted by Crippen LogP contribution is 2.41. The number of unbranched alkanes of at least 4 members (excludes halogenated alkanes) is 6. The Bertz CT molecular complexity index is 2200. The van der Waals surface area contributed by atoms with E-state index < -0.39 is 0 Å². The Morgan fingerprint density at radius 2 is 0.928 bits per heavy atom. The molecule has 2 aliphatic rings. The average molecular weight is 1450 g/mol. The average Bonchev–Trinajstić information content (AvgIpc) is 1.71. The van der Waals surface area contributed by atoms with E-state index in [0.717, 1.165) is 156 Å². The molecule has 2 aliphatic heterocycles. The third kappa shape index (κ3) is 53.5. The molecule has 1 unspecified atom stereocenters. The highest BCUT2D eigenvalue weighted by Gasteiger charge is 2.42. The van der Waals surface area contributed by atoms with Crippen LogP contribution in [0.2, 0.25) is 0 Å². The number of piperazine rings is 1. The first kappa shape index (κ1) is 97.1. The minimum absolute atomic E-state index is 0.0734. The number of imide groups is 1. The molecule has 0 spiro atoms. The van der Waals surface area contributed by atoms with E-state index >= 15 is 0 Å². The summed E-state index contributed by atoms with van der Waals surface area (Å²) in [4.78, 5) is 95.2. The molecule has 0 aliphatic carbocycles. The highest BCUT2D eigenvalue weighted by molar-refractivity contribution is 8.02. The van der Waals surface area contributed by atoms with Gasteiger partial charge in [-0.2, -0.15) is 0 Å². The molecule has 0 aromatic carbocycles. The molecule has 97 heavy (non-hydrogen) atoms. The monoisotopic (exact) mass is 1450 g/mol. The van der Waals surface area contributed by atoms with Gasteiger partial charge in [-0.3, -0.25) is 43.4 Å². The van der Waals surface area contributed by atoms with Gasteiger partial charge in [-0.05, 0) is 142 Å². The lowest BCUT2D eigenvalue weighted by Crippen LogP contribution is -2.49. The first-order valence-corrected chi connectivity index (χ1v) is 40.8. The minimum atomic E-state index is -0.359. The number of likely N-dealkylation sites (tertiary alicyclic amines) is 1. The molecule has 17 nitrogen and oxygen atoms in total. The summed E-state index contributed by atoms with van der Waals surface area (Å²) in [5.74, 6) is 2.39. The third-order valence-electron chi connectivity index (χ3n) is 16.6. The Morgan fingerprint density at radius 3 is 1.38 bits per heavy atom. The number of rotatable bonds is 44. The third-order valence-corrected chi connectivity index (χ3v) is 22.5. The number of nitrogens with one attached hydrogen (secondary N) is 2. The standard InChI is InChI=1S/C23H42N2O4S.C22H43N3O3S.C18H37NO2S.C13H27NOS/c1-8-9-10-11-18(26)12-13-25-20(27)16-19(21(25)28)30-23(5,6)17-24(7)14-15-29-22(2,3)4;1-7-8-11-23-19(26)18-29-22(5,6)10-9-20(27)25-14-12-24(13-15-25)16-17-28-21(2,3)4;1-8-9-10-11-16(20)14-22-18(5,6)15-19(7)12-13-21-17(2,3)4;1-7-8-9-14-11(15)10-16-13(5,6)12(2,3)4/h19H,8-17H2,1-7H3;7-18H2,1-6H3,(H,23,26);8-15H2,1-7H3;7-10H2,1-6H3,(H,14,15). The molecule has 572 valence electrons. The summed E-state index contributed by atoms with van der Waals surface area (Å²) in [6.07, 6.45) is 13.8. The lowest BCUT2D eigenvalue weighted by Gasteiger charge is -2.38. The molecule has 2 heterocycles. The quantitative estimate of drug-likeness (QED) is 0.0433. The van der Waals surface area contributed by atoms with Gasteiger partial charge in [0, 0.05) is 130 Å². The molecule has 2 fully saturated rings. The van der Waals surface area contributed by atoms with E-state index in [1.807, 2.05) is 32.7 Å². The van der Waals surface area contributed by atoms with Crippen LogP contribution in [0, 0.1) is 5.41 Å². The Hall–Kier alpha value is -1.95. The van der Waals surface area contributed by atoms with Gasteiger partial charge in [0.2, 0.25) is 29.5 Å². The maximum Gasteiger partial charge on any atom is 0.242 e. The van der Waals surface area contributed by atoms with Crippen molar-refractivity contribution in [1.29, 1.82) is 0 Å². The van der Waals surface area contributed by atoms with E-state index in [2.05, 4.69) is 178 Å². The molecule has 0 aromatic heterocycles. The molecule has 0 saturated carbocycles. The zero-order chi connectivity index (χ0) is 74.9. The normalized spacial score (nSPS) is 15.4. The van der Waals surface area contributed by atoms with Gasteiger partial charge in [0.1, 0.15) is 11.6 Å². The summed E-state index contributed by atoms with van der Waals surface area (Å²) in [6.45, 7) is 62.8. The maximum absolute atomic E-state index is 12.8. The SMILES string of the molecule is CCCCCC(=O)CCN1C(=O)CC(SC(C)(C)CN(C)CCOC(C)(C)C)C1=O.CCCCCC(=O)CSC(C)(C)CN(C)CCOC(C)(C)C.CCCCNC(=O)CSC(C)(C)C(C)(C)C.CCCCNC(=O)CSC(C)(C)CCC(=O)N1CCN(CCOC(C)(C)C)CC1. The fourth-order valence-corrected chi connectivity index (χ4v) is 14.2. The van der Waals surface area contributed by atoms with Gasteiger partial charge < -0.3 is 39.5 Å². The van der Waals surface area contributed by atoms with Gasteiger partial charge >= 0.3 is 0 Å². The fourth-order valence-electron chi connectivity index (χ4n) is 9.75. The van der Waals surface area contributed by atoms with Crippen molar-refractivity contribution >= 4 is 88.1 Å². The largest absolute Gasteiger partial charge is 0.375 e. The van der Waals surface area contributed by atoms with Crippen molar-refractivity contribution in [1.82, 2.24) is 35.1 Å². The molecule has 2 N–H and O–H groups in total. The number of likely N-dealkylation sites (N-methyl/N-ethyl adjacent to an activating group) is 2. The van der Waals surface area contributed by atoms with Gasteiger partial charge in [-0.1, -0.05) is 115 Å². The van der Waals surface area contributed by atoms with E-state index in [9.17, 15) is 33.6 Å². The fraction of sp³-hybridized carbons (Fsp3) is 0.908. The first-order valence-electron chi connectivity index (χ1n) is 36.9. The molecular formula is C76H149N7O10S4. The molecule has 2 rings (SSSR count). The zero-order valence-electron chi connectivity index (χ0n) is 67.1. The Morgan fingerprint density at radius 1 is 0.495 bits per heavy atom. The van der Waals surface area contributed by atoms with Crippen molar-refractivity contribution < 1.29 is 47.8 Å². The van der Waals surface area contributed by atoms with Crippen LogP contribution >= 0.6 is 47.0 Å². The number of carbonyl (C=O) groups is 7. The van der Waals surface area contributed by atoms with E-state index in [4.69, 9.17) is 14.2 Å². The van der Waals surface area contributed by atoms with Crippen molar-refractivity contribution in [2.75, 3.05) is 130 Å². The summed E-state index contributed by atoms with van der Waals surface area (Å²) < 4.78 is 17.3. The molecule has 2 saturated heterocycles. The highest BCUT2D eigenvalue weighted by atomic mass is 32.2. The van der Waals surface area contributed by atoms with Gasteiger partial charge in [-0.25, -0.2) is 0 Å². The smallest absolute Gasteiger partial charge is 0.242 e. The lowest BCUT2D eigenvalue weighted by atomic mass is 9.83. The second kappa shape index (κ2) is 49.7. The second-order valence-electron chi connectivity index (χ2n) is 32.8. The lowest BCUT2D eigenvalue weighted by molar-refractivity contribution is -0.139. The predicted octanol–water partition coefficient (Wildman–Crippen LogP) is 14.9. The van der Waals surface area contributed by atoms with Crippen molar-refractivity contribution in [3.05, 3.63) is 0 Å². The van der Waals surface area contributed by atoms with Crippen LogP contribution in [0.4, 0.5) is 0 Å². The predicted molar refractivity (Wildman–Crippen MR) is 419 cm³/mol. The molecule has 0 radical (unpaired) electrons. The number of hydrogen-bond acceptors (Lipinski definition) is 17. The summed E-state index contributed by atoms with van der Waals surface area (Å²) in [6, 6.07) is 0. The first-order chi connectivity index (χ1) is 44.6. The molecule has 5 amide bonds. The van der Waals surface area contributed by atoms with Crippen LogP contribution in [0.1, 0.15) is 269 Å². The Kier molecular flexibility index (Phi) is 49.7. The van der Waals surface area contributed by atoms with E-state index in [0.29, 0.717) is 42.5 Å². The summed E-state index contributed by atoms with van der Waals surface area (Å²) in [5.41, 5.74) is -0.112. The van der Waals surface area contributed by atoms with Gasteiger partial charge in [0.05, 0.1) is 59.1 Å². The number of thioether (sulfide) groups is 4. The van der Waals surface area contributed by atoms with Crippen LogP contribution in [-0.4, -0.2) is 236 Å². The Labute approximate surface area is 612 Å². The van der Waals surface area contributed by atoms with Gasteiger partial charge in [0.25, 0.3) is 0 Å². The number of ketones is 2. The second-order valence-corrected chi connectivity index (χ2v) is 39.7. The Balaban J connectivity index is 0. The topological polar surface area (TPSA) is 187 Å². The molecule has 0 aromatic rings. The van der Waals surface area contributed by atoms with Crippen LogP contribution in [-0.2, 0) is 47.8 Å². The molecular weight excluding hydrogens is 1300 g/mol. The van der Waals surface area contributed by atoms with Crippen molar-refractivity contribution in [2.24, 2.45) is 5.41 Å². The maximum atomic E-state index is 12.8. The van der Waals surface area contributed by atoms with E-state index in [1.54, 1.807) is 47.0 Å². The number of nitrogens with zero attached hydrogens (tertiary/aromatic N) is 5. The number of carbonyl (C=O) groups excluding carboxylic acids is 7. The summed E-state index contributed by atoms with van der Waals surface area (Å²) in [7, 11) is 4.17. The van der Waals surface area contributed by atoms with Crippen LogP contribution in [0.25, 0.3) is 0 Å². The summed E-state index contributed by atoms with van der Waals surface area (Å²) in [5, 5.41) is 5.54. The number of hydrogen-bond donors (Lipinski definition) is 2. The van der Waals surface area contributed by atoms with Crippen LogP contribution in [0.3, 0.4) is 0 Å². The minimum Gasteiger partial charge on any atom is -0.375 e. The van der Waals surface area contributed by atoms with Crippen LogP contribution in [0.15, 0.2) is 0 Å². The molecule has 0 bridgehead atoms. The van der Waals surface area contributed by atoms with Crippen molar-refractivity contribution in [3.8, 4) is 0 Å². The summed E-state index contributed by atoms with van der Waals surface area (Å²) >= 11 is 6.72. The zero-order valence-corrected chi connectivity index (χ0v) is 70.3. The van der Waals surface area contributed by atoms with E-state index in [1.165, 1.54) is 11.3 Å². The van der Waals surface area contributed by atoms with Gasteiger partial charge in [-0.15, -0.1) is 47.0 Å². The van der Waals surface area contributed by atoms with E-state index in [-0.39, 0.29) is 101 Å². The van der Waals surface area contributed by atoms with Crippen LogP contribution < -0.4 is 10.6 Å². The van der Waals surface area contributed by atoms with Crippen molar-refractivity contribution in [2.45, 2.75) is 310 Å². The van der Waals surface area contributed by atoms with Crippen LogP contribution in [0.5, 0.6) is 0 Å². The molecule has 1 atom stereocenters. The van der Waals surface area contributed by atoms with Gasteiger partial charge in [0.15, 0.2) is 0 Å². The number of Topliss-reactive ketones (excluding diaryl/α,β-unsaturated/α-hetero) is 2. The van der Waals surface area contributed by atoms with Crippen molar-refractivity contribution in [3.63, 3.8) is 0 Å². The number of amides is 5. The molecule has 21 heteroatoms. The number of ether oxygens (including phenoxy) is 3.